The maximum Gasteiger partial charge on any atom is 0.242 e. The molecule has 0 fully saturated rings. The lowest BCUT2D eigenvalue weighted by Gasteiger charge is -2.21. The van der Waals surface area contributed by atoms with Crippen LogP contribution in [0.2, 0.25) is 0 Å². The molecule has 0 saturated carbocycles. The van der Waals surface area contributed by atoms with Gasteiger partial charge in [0.15, 0.2) is 9.84 Å². The first-order valence-electron chi connectivity index (χ1n) is 5.78. The van der Waals surface area contributed by atoms with Gasteiger partial charge in [0.05, 0.1) is 11.4 Å². The Kier molecular flexibility index (Phi) is 3.56. The number of nitrogens with one attached hydrogen (secondary N) is 1. The normalized spacial score (nSPS) is 15.5. The highest BCUT2D eigenvalue weighted by Gasteiger charge is 2.23. The fraction of sp³-hybridized carbons (Fsp3) is 0.417. The summed E-state index contributed by atoms with van der Waals surface area (Å²) in [6.07, 6.45) is 1.87. The van der Waals surface area contributed by atoms with Gasteiger partial charge in [0, 0.05) is 19.3 Å². The Morgan fingerprint density at radius 1 is 1.39 bits per heavy atom. The van der Waals surface area contributed by atoms with E-state index in [2.05, 4.69) is 5.32 Å². The van der Waals surface area contributed by atoms with Crippen molar-refractivity contribution in [1.82, 2.24) is 0 Å². The molecule has 1 aromatic carbocycles. The maximum absolute atomic E-state index is 12.0. The number of fused-ring (bicyclic) bond motifs is 1. The molecule has 0 aliphatic carbocycles. The van der Waals surface area contributed by atoms with E-state index in [1.165, 1.54) is 0 Å². The molecule has 2 rings (SSSR count). The molecule has 0 spiro atoms. The highest BCUT2D eigenvalue weighted by Crippen LogP contribution is 2.28. The van der Waals surface area contributed by atoms with Crippen molar-refractivity contribution in [3.63, 3.8) is 0 Å². The largest absolute Gasteiger partial charge is 0.383 e. The quantitative estimate of drug-likeness (QED) is 0.864. The number of hydrogen-bond acceptors (Lipinski definition) is 4. The second-order valence-corrected chi connectivity index (χ2v) is 6.55. The van der Waals surface area contributed by atoms with Crippen molar-refractivity contribution in [3.8, 4) is 0 Å². The lowest BCUT2D eigenvalue weighted by molar-refractivity contribution is -0.116. The summed E-state index contributed by atoms with van der Waals surface area (Å²) in [6, 6.07) is 7.44. The third kappa shape index (κ3) is 3.01. The Labute approximate surface area is 107 Å². The molecular weight excluding hydrogens is 252 g/mol. The summed E-state index contributed by atoms with van der Waals surface area (Å²) in [6.45, 7) is 1.32. The Bertz CT molecular complexity index is 554. The molecule has 0 radical (unpaired) electrons. The summed E-state index contributed by atoms with van der Waals surface area (Å²) in [5, 5.41) is 3.23. The third-order valence-corrected chi connectivity index (χ3v) is 3.53. The molecule has 1 aliphatic rings. The minimum absolute atomic E-state index is 0.367. The number of sulfone groups is 1. The lowest BCUT2D eigenvalue weighted by atomic mass is 10.2. The highest BCUT2D eigenvalue weighted by molar-refractivity contribution is 7.91. The Hall–Kier alpha value is -1.56. The van der Waals surface area contributed by atoms with Crippen LogP contribution in [0.25, 0.3) is 0 Å². The van der Waals surface area contributed by atoms with Crippen LogP contribution < -0.4 is 10.2 Å². The molecule has 5 nitrogen and oxygen atoms in total. The number of anilines is 2. The van der Waals surface area contributed by atoms with Crippen molar-refractivity contribution in [1.29, 1.82) is 0 Å². The highest BCUT2D eigenvalue weighted by atomic mass is 32.2. The summed E-state index contributed by atoms with van der Waals surface area (Å²) < 4.78 is 22.4. The molecule has 0 aromatic heterocycles. The van der Waals surface area contributed by atoms with Crippen molar-refractivity contribution in [2.45, 2.75) is 6.42 Å². The second-order valence-electron chi connectivity index (χ2n) is 4.41. The number of carbonyl (C=O) groups is 1. The lowest BCUT2D eigenvalue weighted by Crippen LogP contribution is -2.36. The Balaban J connectivity index is 2.30. The zero-order valence-corrected chi connectivity index (χ0v) is 11.0. The molecule has 0 saturated heterocycles. The van der Waals surface area contributed by atoms with Crippen LogP contribution in [-0.4, -0.2) is 39.4 Å². The average molecular weight is 268 g/mol. The minimum Gasteiger partial charge on any atom is -0.383 e. The van der Waals surface area contributed by atoms with Gasteiger partial charge in [-0.25, -0.2) is 8.42 Å². The average Bonchev–Trinajstić information content (AvgIpc) is 2.48. The van der Waals surface area contributed by atoms with Crippen LogP contribution in [-0.2, 0) is 14.6 Å². The molecular formula is C12H16N2O3S. The van der Waals surface area contributed by atoms with Crippen LogP contribution in [0.4, 0.5) is 11.4 Å². The zero-order valence-electron chi connectivity index (χ0n) is 10.2. The summed E-state index contributed by atoms with van der Waals surface area (Å²) >= 11 is 0. The molecule has 1 aromatic rings. The Morgan fingerprint density at radius 3 is 2.83 bits per heavy atom. The van der Waals surface area contributed by atoms with Gasteiger partial charge >= 0.3 is 0 Å². The van der Waals surface area contributed by atoms with E-state index in [4.69, 9.17) is 0 Å². The van der Waals surface area contributed by atoms with E-state index in [1.54, 1.807) is 4.90 Å². The molecule has 6 heteroatoms. The molecule has 1 aliphatic heterocycles. The third-order valence-electron chi connectivity index (χ3n) is 2.76. The van der Waals surface area contributed by atoms with Gasteiger partial charge in [-0.1, -0.05) is 12.1 Å². The molecule has 1 N–H and O–H groups in total. The van der Waals surface area contributed by atoms with Gasteiger partial charge in [-0.2, -0.15) is 0 Å². The van der Waals surface area contributed by atoms with Crippen LogP contribution in [0.5, 0.6) is 0 Å². The smallest absolute Gasteiger partial charge is 0.242 e. The van der Waals surface area contributed by atoms with E-state index in [0.717, 1.165) is 30.6 Å². The van der Waals surface area contributed by atoms with Gasteiger partial charge in [0.2, 0.25) is 5.91 Å². The van der Waals surface area contributed by atoms with Gasteiger partial charge < -0.3 is 10.2 Å². The van der Waals surface area contributed by atoms with Crippen molar-refractivity contribution >= 4 is 27.1 Å². The summed E-state index contributed by atoms with van der Waals surface area (Å²) in [5.74, 6) is -0.810. The van der Waals surface area contributed by atoms with Crippen molar-refractivity contribution < 1.29 is 13.2 Å². The van der Waals surface area contributed by atoms with Gasteiger partial charge in [-0.3, -0.25) is 4.79 Å². The summed E-state index contributed by atoms with van der Waals surface area (Å²) in [7, 11) is -3.30. The first-order chi connectivity index (χ1) is 8.47. The van der Waals surface area contributed by atoms with Crippen LogP contribution in [0.1, 0.15) is 6.42 Å². The molecule has 0 atom stereocenters. The molecule has 0 bridgehead atoms. The van der Waals surface area contributed by atoms with E-state index >= 15 is 0 Å². The van der Waals surface area contributed by atoms with Crippen molar-refractivity contribution in [2.75, 3.05) is 35.3 Å². The van der Waals surface area contributed by atoms with Crippen LogP contribution >= 0.6 is 0 Å². The SMILES string of the molecule is CS(=O)(=O)CC(=O)N1CCCNc2ccccc21. The fourth-order valence-electron chi connectivity index (χ4n) is 2.00. The minimum atomic E-state index is -3.30. The topological polar surface area (TPSA) is 66.5 Å². The van der Waals surface area contributed by atoms with Crippen molar-refractivity contribution in [2.24, 2.45) is 0 Å². The van der Waals surface area contributed by atoms with E-state index in [1.807, 2.05) is 24.3 Å². The van der Waals surface area contributed by atoms with E-state index in [0.29, 0.717) is 6.54 Å². The standard InChI is InChI=1S/C12H16N2O3S/c1-18(16,17)9-12(15)14-8-4-7-13-10-5-2-3-6-11(10)14/h2-3,5-6,13H,4,7-9H2,1H3. The van der Waals surface area contributed by atoms with E-state index in [9.17, 15) is 13.2 Å². The first kappa shape index (κ1) is 12.9. The van der Waals surface area contributed by atoms with Crippen LogP contribution in [0.3, 0.4) is 0 Å². The predicted molar refractivity (Wildman–Crippen MR) is 71.6 cm³/mol. The fourth-order valence-corrected chi connectivity index (χ4v) is 2.60. The van der Waals surface area contributed by atoms with Gasteiger partial charge in [0.25, 0.3) is 0 Å². The number of amides is 1. The number of para-hydroxylation sites is 2. The number of benzene rings is 1. The maximum atomic E-state index is 12.0. The number of carbonyl (C=O) groups excluding carboxylic acids is 1. The molecule has 1 amide bonds. The van der Waals surface area contributed by atoms with Gasteiger partial charge in [-0.05, 0) is 18.6 Å². The predicted octanol–water partition coefficient (Wildman–Crippen LogP) is 0.880. The van der Waals surface area contributed by atoms with Gasteiger partial charge in [-0.15, -0.1) is 0 Å². The zero-order chi connectivity index (χ0) is 13.2. The number of nitrogens with zero attached hydrogens (tertiary/aromatic N) is 1. The number of rotatable bonds is 2. The van der Waals surface area contributed by atoms with Gasteiger partial charge in [0.1, 0.15) is 5.75 Å². The summed E-state index contributed by atoms with van der Waals surface area (Å²) in [5.41, 5.74) is 1.63. The van der Waals surface area contributed by atoms with E-state index < -0.39 is 15.6 Å². The Morgan fingerprint density at radius 2 is 2.11 bits per heavy atom. The molecule has 18 heavy (non-hydrogen) atoms. The van der Waals surface area contributed by atoms with Crippen LogP contribution in [0.15, 0.2) is 24.3 Å². The monoisotopic (exact) mass is 268 g/mol. The molecule has 98 valence electrons. The molecule has 1 heterocycles. The summed E-state index contributed by atoms with van der Waals surface area (Å²) in [4.78, 5) is 13.6. The molecule has 0 unspecified atom stereocenters. The number of hydrogen-bond donors (Lipinski definition) is 1. The second kappa shape index (κ2) is 4.97. The van der Waals surface area contributed by atoms with Crippen LogP contribution in [0, 0.1) is 0 Å². The first-order valence-corrected chi connectivity index (χ1v) is 7.84. The van der Waals surface area contributed by atoms with E-state index in [-0.39, 0.29) is 5.91 Å². The van der Waals surface area contributed by atoms with Crippen molar-refractivity contribution in [3.05, 3.63) is 24.3 Å².